The van der Waals surface area contributed by atoms with E-state index in [-0.39, 0.29) is 13.0 Å². The molecule has 0 aromatic heterocycles. The summed E-state index contributed by atoms with van der Waals surface area (Å²) >= 11 is 0. The minimum atomic E-state index is -5.53. The highest BCUT2D eigenvalue weighted by Gasteiger charge is 2.73. The molecule has 0 radical (unpaired) electrons. The zero-order valence-corrected chi connectivity index (χ0v) is 14.9. The lowest BCUT2D eigenvalue weighted by atomic mass is 9.85. The number of likely N-dealkylation sites (tertiary alicyclic amines) is 1. The Balaban J connectivity index is 1.77. The lowest BCUT2D eigenvalue weighted by Crippen LogP contribution is -2.52. The van der Waals surface area contributed by atoms with Gasteiger partial charge in [0.15, 0.2) is 5.41 Å². The molecular formula is C18H18F6N2O2. The van der Waals surface area contributed by atoms with Gasteiger partial charge in [-0.25, -0.2) is 0 Å². The highest BCUT2D eigenvalue weighted by Crippen LogP contribution is 2.55. The first kappa shape index (κ1) is 20.5. The summed E-state index contributed by atoms with van der Waals surface area (Å²) in [5.74, 6) is -2.85. The van der Waals surface area contributed by atoms with E-state index in [1.165, 1.54) is 4.90 Å². The molecule has 2 amide bonds. The van der Waals surface area contributed by atoms with Crippen molar-refractivity contribution in [2.45, 2.75) is 32.1 Å². The second-order valence-corrected chi connectivity index (χ2v) is 7.25. The highest BCUT2D eigenvalue weighted by atomic mass is 19.4. The van der Waals surface area contributed by atoms with E-state index in [0.717, 1.165) is 5.56 Å². The molecule has 2 aliphatic rings. The van der Waals surface area contributed by atoms with E-state index in [1.807, 2.05) is 6.92 Å². The second kappa shape index (κ2) is 6.66. The topological polar surface area (TPSA) is 40.6 Å². The number of nitrogens with zero attached hydrogens (tertiary/aromatic N) is 2. The van der Waals surface area contributed by atoms with Crippen molar-refractivity contribution in [2.75, 3.05) is 24.5 Å². The van der Waals surface area contributed by atoms with Gasteiger partial charge in [-0.3, -0.25) is 9.59 Å². The van der Waals surface area contributed by atoms with Gasteiger partial charge in [0.25, 0.3) is 0 Å². The van der Waals surface area contributed by atoms with Crippen molar-refractivity contribution in [3.05, 3.63) is 29.8 Å². The van der Waals surface area contributed by atoms with Crippen LogP contribution in [0.3, 0.4) is 0 Å². The Labute approximate surface area is 157 Å². The van der Waals surface area contributed by atoms with Crippen LogP contribution in [0, 0.1) is 18.3 Å². The van der Waals surface area contributed by atoms with Gasteiger partial charge in [0, 0.05) is 25.3 Å². The quantitative estimate of drug-likeness (QED) is 0.553. The van der Waals surface area contributed by atoms with Crippen LogP contribution in [0.15, 0.2) is 24.3 Å². The molecule has 0 aliphatic carbocycles. The fourth-order valence-electron chi connectivity index (χ4n) is 3.73. The summed E-state index contributed by atoms with van der Waals surface area (Å²) in [6.07, 6.45) is -12.3. The molecule has 0 N–H and O–H groups in total. The number of carbonyl (C=O) groups is 2. The maximum absolute atomic E-state index is 13.2. The third kappa shape index (κ3) is 3.22. The van der Waals surface area contributed by atoms with E-state index in [9.17, 15) is 35.9 Å². The van der Waals surface area contributed by atoms with Gasteiger partial charge in [-0.15, -0.1) is 0 Å². The summed E-state index contributed by atoms with van der Waals surface area (Å²) in [4.78, 5) is 27.0. The standard InChI is InChI=1S/C18H18F6N2O2/c1-11-2-4-12(5-3-11)26-8-6-13(15(26)28)14(27)25-9-7-16(10-25,17(19,20)21)18(22,23)24/h2-5,13H,6-10H2,1H3. The van der Waals surface area contributed by atoms with E-state index >= 15 is 0 Å². The highest BCUT2D eigenvalue weighted by molar-refractivity contribution is 6.09. The van der Waals surface area contributed by atoms with Crippen LogP contribution in [-0.2, 0) is 9.59 Å². The lowest BCUT2D eigenvalue weighted by molar-refractivity contribution is -0.334. The average Bonchev–Trinajstić information content (AvgIpc) is 3.19. The molecule has 1 atom stereocenters. The van der Waals surface area contributed by atoms with Crippen molar-refractivity contribution in [1.82, 2.24) is 4.90 Å². The van der Waals surface area contributed by atoms with Crippen molar-refractivity contribution in [2.24, 2.45) is 11.3 Å². The van der Waals surface area contributed by atoms with Gasteiger partial charge in [0.05, 0.1) is 0 Å². The normalized spacial score (nSPS) is 22.8. The maximum atomic E-state index is 13.2. The average molecular weight is 408 g/mol. The Morgan fingerprint density at radius 3 is 2.11 bits per heavy atom. The summed E-state index contributed by atoms with van der Waals surface area (Å²) in [7, 11) is 0. The Morgan fingerprint density at radius 1 is 1.04 bits per heavy atom. The molecule has 1 aromatic rings. The number of carbonyl (C=O) groups excluding carboxylic acids is 2. The van der Waals surface area contributed by atoms with E-state index < -0.39 is 55.0 Å². The number of hydrogen-bond acceptors (Lipinski definition) is 2. The van der Waals surface area contributed by atoms with E-state index in [0.29, 0.717) is 10.6 Å². The maximum Gasteiger partial charge on any atom is 0.404 e. The van der Waals surface area contributed by atoms with Crippen molar-refractivity contribution < 1.29 is 35.9 Å². The molecule has 4 nitrogen and oxygen atoms in total. The predicted molar refractivity (Wildman–Crippen MR) is 87.4 cm³/mol. The SMILES string of the molecule is Cc1ccc(N2CCC(C(=O)N3CCC(C(F)(F)F)(C(F)(F)F)C3)C2=O)cc1. The molecule has 2 saturated heterocycles. The molecule has 10 heteroatoms. The Hall–Kier alpha value is -2.26. The number of benzene rings is 1. The molecule has 28 heavy (non-hydrogen) atoms. The predicted octanol–water partition coefficient (Wildman–Crippen LogP) is 3.69. The molecule has 2 fully saturated rings. The smallest absolute Gasteiger partial charge is 0.341 e. The molecule has 154 valence electrons. The Morgan fingerprint density at radius 2 is 1.61 bits per heavy atom. The van der Waals surface area contributed by atoms with Crippen LogP contribution in [0.25, 0.3) is 0 Å². The molecule has 2 heterocycles. The van der Waals surface area contributed by atoms with Crippen LogP contribution in [0.4, 0.5) is 32.0 Å². The van der Waals surface area contributed by atoms with Crippen LogP contribution in [-0.4, -0.2) is 48.7 Å². The summed E-state index contributed by atoms with van der Waals surface area (Å²) in [5.41, 5.74) is -2.46. The monoisotopic (exact) mass is 408 g/mol. The van der Waals surface area contributed by atoms with Gasteiger partial charge in [-0.1, -0.05) is 17.7 Å². The molecule has 0 saturated carbocycles. The van der Waals surface area contributed by atoms with Gasteiger partial charge >= 0.3 is 12.4 Å². The Bertz CT molecular complexity index is 758. The number of anilines is 1. The molecular weight excluding hydrogens is 390 g/mol. The largest absolute Gasteiger partial charge is 0.404 e. The van der Waals surface area contributed by atoms with E-state index in [2.05, 4.69) is 0 Å². The van der Waals surface area contributed by atoms with Crippen LogP contribution >= 0.6 is 0 Å². The third-order valence-corrected chi connectivity index (χ3v) is 5.52. The van der Waals surface area contributed by atoms with E-state index in [4.69, 9.17) is 0 Å². The summed E-state index contributed by atoms with van der Waals surface area (Å²) < 4.78 is 79.1. The zero-order valence-electron chi connectivity index (χ0n) is 14.9. The zero-order chi connectivity index (χ0) is 20.9. The number of halogens is 6. The van der Waals surface area contributed by atoms with Crippen LogP contribution in [0.1, 0.15) is 18.4 Å². The van der Waals surface area contributed by atoms with E-state index in [1.54, 1.807) is 24.3 Å². The first-order valence-corrected chi connectivity index (χ1v) is 8.68. The van der Waals surface area contributed by atoms with Gasteiger partial charge in [0.2, 0.25) is 11.8 Å². The molecule has 0 spiro atoms. The van der Waals surface area contributed by atoms with Gasteiger partial charge < -0.3 is 9.80 Å². The first-order valence-electron chi connectivity index (χ1n) is 8.68. The summed E-state index contributed by atoms with van der Waals surface area (Å²) in [6.45, 7) is -0.169. The van der Waals surface area contributed by atoms with Crippen molar-refractivity contribution in [3.63, 3.8) is 0 Å². The number of rotatable bonds is 2. The molecule has 3 rings (SSSR count). The summed E-state index contributed by atoms with van der Waals surface area (Å²) in [6, 6.07) is 6.88. The lowest BCUT2D eigenvalue weighted by Gasteiger charge is -2.33. The number of alkyl halides is 6. The summed E-state index contributed by atoms with van der Waals surface area (Å²) in [5, 5.41) is 0. The number of aryl methyl sites for hydroxylation is 1. The number of amides is 2. The molecule has 1 unspecified atom stereocenters. The number of hydrogen-bond donors (Lipinski definition) is 0. The van der Waals surface area contributed by atoms with Gasteiger partial charge in [-0.2, -0.15) is 26.3 Å². The van der Waals surface area contributed by atoms with Crippen molar-refractivity contribution in [3.8, 4) is 0 Å². The van der Waals surface area contributed by atoms with Crippen molar-refractivity contribution >= 4 is 17.5 Å². The van der Waals surface area contributed by atoms with Crippen LogP contribution in [0.5, 0.6) is 0 Å². The van der Waals surface area contributed by atoms with Crippen molar-refractivity contribution in [1.29, 1.82) is 0 Å². The Kier molecular flexibility index (Phi) is 4.87. The van der Waals surface area contributed by atoms with Crippen LogP contribution in [0.2, 0.25) is 0 Å². The molecule has 2 aliphatic heterocycles. The molecule has 1 aromatic carbocycles. The fourth-order valence-corrected chi connectivity index (χ4v) is 3.73. The molecule has 0 bridgehead atoms. The first-order chi connectivity index (χ1) is 12.9. The fraction of sp³-hybridized carbons (Fsp3) is 0.556. The van der Waals surface area contributed by atoms with Gasteiger partial charge in [-0.05, 0) is 31.9 Å². The van der Waals surface area contributed by atoms with Gasteiger partial charge in [0.1, 0.15) is 5.92 Å². The van der Waals surface area contributed by atoms with Crippen LogP contribution < -0.4 is 4.90 Å². The minimum Gasteiger partial charge on any atom is -0.341 e. The third-order valence-electron chi connectivity index (χ3n) is 5.52. The second-order valence-electron chi connectivity index (χ2n) is 7.25. The minimum absolute atomic E-state index is 0.0487.